The fraction of sp³-hybridized carbons (Fsp3) is 0.308. The van der Waals surface area contributed by atoms with E-state index >= 15 is 0 Å². The van der Waals surface area contributed by atoms with Crippen LogP contribution in [-0.2, 0) is 6.54 Å². The number of amides is 1. The molecule has 0 bridgehead atoms. The number of carbonyl (C=O) groups excluding carboxylic acids is 1. The zero-order valence-corrected chi connectivity index (χ0v) is 11.5. The summed E-state index contributed by atoms with van der Waals surface area (Å²) in [6.45, 7) is 3.46. The van der Waals surface area contributed by atoms with Crippen LogP contribution < -0.4 is 10.6 Å². The molecule has 0 fully saturated rings. The van der Waals surface area contributed by atoms with E-state index in [2.05, 4.69) is 27.5 Å². The fourth-order valence-corrected chi connectivity index (χ4v) is 2.06. The first-order valence-corrected chi connectivity index (χ1v) is 7.03. The first-order valence-electron chi connectivity index (χ1n) is 6.15. The molecule has 2 aromatic heterocycles. The third-order valence-electron chi connectivity index (χ3n) is 2.48. The molecule has 100 valence electrons. The monoisotopic (exact) mass is 276 g/mol. The molecule has 2 heterocycles. The van der Waals surface area contributed by atoms with Crippen LogP contribution in [0, 0.1) is 0 Å². The Balaban J connectivity index is 1.94. The Morgan fingerprint density at radius 3 is 3.11 bits per heavy atom. The highest BCUT2D eigenvalue weighted by Gasteiger charge is 2.07. The highest BCUT2D eigenvalue weighted by Crippen LogP contribution is 2.09. The molecule has 0 saturated carbocycles. The minimum absolute atomic E-state index is 0.173. The van der Waals surface area contributed by atoms with Gasteiger partial charge in [0, 0.05) is 29.5 Å². The van der Waals surface area contributed by atoms with E-state index in [1.54, 1.807) is 24.0 Å². The number of pyridine rings is 1. The Bertz CT molecular complexity index is 527. The first-order chi connectivity index (χ1) is 9.29. The lowest BCUT2D eigenvalue weighted by atomic mass is 10.3. The summed E-state index contributed by atoms with van der Waals surface area (Å²) in [6.07, 6.45) is 4.42. The maximum Gasteiger partial charge on any atom is 0.270 e. The molecule has 1 amide bonds. The molecular weight excluding hydrogens is 260 g/mol. The maximum atomic E-state index is 11.9. The molecule has 0 radical (unpaired) electrons. The lowest BCUT2D eigenvalue weighted by Crippen LogP contribution is -2.23. The van der Waals surface area contributed by atoms with Crippen LogP contribution in [0.5, 0.6) is 0 Å². The van der Waals surface area contributed by atoms with E-state index in [1.807, 2.05) is 6.07 Å². The van der Waals surface area contributed by atoms with Gasteiger partial charge in [-0.15, -0.1) is 11.3 Å². The average Bonchev–Trinajstić information content (AvgIpc) is 2.96. The normalized spacial score (nSPS) is 10.2. The molecular formula is C13H16N4OS. The predicted octanol–water partition coefficient (Wildman–Crippen LogP) is 2.29. The van der Waals surface area contributed by atoms with Gasteiger partial charge in [0.25, 0.3) is 5.91 Å². The first kappa shape index (κ1) is 13.5. The van der Waals surface area contributed by atoms with Crippen LogP contribution >= 0.6 is 11.3 Å². The standard InChI is InChI=1S/C13H16N4OS/c1-2-4-15-10-3-5-16-12(6-10)13(18)17-8-11-7-14-9-19-11/h3,5-7,9H,2,4,8H2,1H3,(H,15,16)(H,17,18). The van der Waals surface area contributed by atoms with Crippen LogP contribution in [0.2, 0.25) is 0 Å². The summed E-state index contributed by atoms with van der Waals surface area (Å²) < 4.78 is 0. The summed E-state index contributed by atoms with van der Waals surface area (Å²) in [4.78, 5) is 21.0. The minimum atomic E-state index is -0.173. The molecule has 0 aliphatic rings. The van der Waals surface area contributed by atoms with Crippen LogP contribution in [0.1, 0.15) is 28.7 Å². The zero-order valence-electron chi connectivity index (χ0n) is 10.7. The van der Waals surface area contributed by atoms with Crippen LogP contribution in [-0.4, -0.2) is 22.4 Å². The molecule has 6 heteroatoms. The van der Waals surface area contributed by atoms with Gasteiger partial charge < -0.3 is 10.6 Å². The van der Waals surface area contributed by atoms with Gasteiger partial charge in [0.15, 0.2) is 0 Å². The summed E-state index contributed by atoms with van der Waals surface area (Å²) >= 11 is 1.52. The van der Waals surface area contributed by atoms with Gasteiger partial charge in [0.2, 0.25) is 0 Å². The van der Waals surface area contributed by atoms with Crippen LogP contribution in [0.15, 0.2) is 30.0 Å². The van der Waals surface area contributed by atoms with Crippen molar-refractivity contribution in [1.82, 2.24) is 15.3 Å². The van der Waals surface area contributed by atoms with Gasteiger partial charge in [-0.1, -0.05) is 6.92 Å². The third kappa shape index (κ3) is 4.03. The van der Waals surface area contributed by atoms with Crippen molar-refractivity contribution in [3.8, 4) is 0 Å². The lowest BCUT2D eigenvalue weighted by molar-refractivity contribution is 0.0946. The minimum Gasteiger partial charge on any atom is -0.385 e. The molecule has 0 aliphatic carbocycles. The lowest BCUT2D eigenvalue weighted by Gasteiger charge is -2.07. The van der Waals surface area contributed by atoms with E-state index in [9.17, 15) is 4.79 Å². The van der Waals surface area contributed by atoms with Crippen molar-refractivity contribution in [2.45, 2.75) is 19.9 Å². The fourth-order valence-electron chi connectivity index (χ4n) is 1.52. The van der Waals surface area contributed by atoms with Gasteiger partial charge in [-0.2, -0.15) is 0 Å². The summed E-state index contributed by atoms with van der Waals surface area (Å²) in [5.74, 6) is -0.173. The molecule has 0 spiro atoms. The summed E-state index contributed by atoms with van der Waals surface area (Å²) in [5.41, 5.74) is 3.08. The van der Waals surface area contributed by atoms with Crippen LogP contribution in [0.25, 0.3) is 0 Å². The van der Waals surface area contributed by atoms with Crippen molar-refractivity contribution in [2.75, 3.05) is 11.9 Å². The second-order valence-corrected chi connectivity index (χ2v) is 4.98. The van der Waals surface area contributed by atoms with E-state index in [-0.39, 0.29) is 5.91 Å². The molecule has 5 nitrogen and oxygen atoms in total. The number of aromatic nitrogens is 2. The highest BCUT2D eigenvalue weighted by molar-refractivity contribution is 7.09. The number of thiazole rings is 1. The van der Waals surface area contributed by atoms with Crippen molar-refractivity contribution in [3.05, 3.63) is 40.6 Å². The average molecular weight is 276 g/mol. The highest BCUT2D eigenvalue weighted by atomic mass is 32.1. The number of nitrogens with one attached hydrogen (secondary N) is 2. The largest absolute Gasteiger partial charge is 0.385 e. The summed E-state index contributed by atoms with van der Waals surface area (Å²) in [6, 6.07) is 3.62. The zero-order chi connectivity index (χ0) is 13.5. The number of nitrogens with zero attached hydrogens (tertiary/aromatic N) is 2. The quantitative estimate of drug-likeness (QED) is 0.849. The number of hydrogen-bond acceptors (Lipinski definition) is 5. The molecule has 0 aromatic carbocycles. The molecule has 0 aliphatic heterocycles. The number of hydrogen-bond donors (Lipinski definition) is 2. The number of rotatable bonds is 6. The van der Waals surface area contributed by atoms with Gasteiger partial charge >= 0.3 is 0 Å². The van der Waals surface area contributed by atoms with Gasteiger partial charge in [-0.3, -0.25) is 14.8 Å². The van der Waals surface area contributed by atoms with Crippen molar-refractivity contribution in [3.63, 3.8) is 0 Å². The number of anilines is 1. The van der Waals surface area contributed by atoms with Crippen molar-refractivity contribution in [2.24, 2.45) is 0 Å². The van der Waals surface area contributed by atoms with Gasteiger partial charge in [-0.25, -0.2) is 0 Å². The van der Waals surface area contributed by atoms with E-state index in [0.29, 0.717) is 12.2 Å². The Labute approximate surface area is 116 Å². The molecule has 2 rings (SSSR count). The second kappa shape index (κ2) is 6.84. The smallest absolute Gasteiger partial charge is 0.270 e. The summed E-state index contributed by atoms with van der Waals surface area (Å²) in [5, 5.41) is 6.06. The van der Waals surface area contributed by atoms with E-state index in [1.165, 1.54) is 11.3 Å². The molecule has 0 atom stereocenters. The Morgan fingerprint density at radius 2 is 2.37 bits per heavy atom. The van der Waals surface area contributed by atoms with Crippen molar-refractivity contribution in [1.29, 1.82) is 0 Å². The predicted molar refractivity (Wildman–Crippen MR) is 76.3 cm³/mol. The Hall–Kier alpha value is -1.95. The van der Waals surface area contributed by atoms with Crippen LogP contribution in [0.4, 0.5) is 5.69 Å². The van der Waals surface area contributed by atoms with Gasteiger partial charge in [0.1, 0.15) is 5.69 Å². The molecule has 2 N–H and O–H groups in total. The van der Waals surface area contributed by atoms with E-state index in [0.717, 1.165) is 23.5 Å². The van der Waals surface area contributed by atoms with Crippen molar-refractivity contribution < 1.29 is 4.79 Å². The molecule has 0 saturated heterocycles. The van der Waals surface area contributed by atoms with E-state index < -0.39 is 0 Å². The van der Waals surface area contributed by atoms with Crippen molar-refractivity contribution >= 4 is 22.9 Å². The Morgan fingerprint density at radius 1 is 1.47 bits per heavy atom. The third-order valence-corrected chi connectivity index (χ3v) is 3.26. The summed E-state index contributed by atoms with van der Waals surface area (Å²) in [7, 11) is 0. The van der Waals surface area contributed by atoms with E-state index in [4.69, 9.17) is 0 Å². The SMILES string of the molecule is CCCNc1ccnc(C(=O)NCc2cncs2)c1. The molecule has 2 aromatic rings. The molecule has 0 unspecified atom stereocenters. The second-order valence-electron chi connectivity index (χ2n) is 4.01. The Kier molecular flexibility index (Phi) is 4.85. The van der Waals surface area contributed by atoms with Gasteiger partial charge in [0.05, 0.1) is 12.1 Å². The van der Waals surface area contributed by atoms with Crippen LogP contribution in [0.3, 0.4) is 0 Å². The maximum absolute atomic E-state index is 11.9. The topological polar surface area (TPSA) is 66.9 Å². The number of carbonyl (C=O) groups is 1. The van der Waals surface area contributed by atoms with Gasteiger partial charge in [-0.05, 0) is 18.6 Å². The molecule has 19 heavy (non-hydrogen) atoms.